The van der Waals surface area contributed by atoms with Crippen molar-refractivity contribution in [2.24, 2.45) is 0 Å². The molecular formula is C24H18N2O4S3. The van der Waals surface area contributed by atoms with Crippen molar-refractivity contribution in [1.82, 2.24) is 4.98 Å². The maximum Gasteiger partial charge on any atom is 0.281 e. The largest absolute Gasteiger partial charge is 0.497 e. The molecule has 33 heavy (non-hydrogen) atoms. The van der Waals surface area contributed by atoms with E-state index in [2.05, 4.69) is 11.1 Å². The Kier molecular flexibility index (Phi) is 6.81. The molecule has 0 saturated carbocycles. The quantitative estimate of drug-likeness (QED) is 0.247. The van der Waals surface area contributed by atoms with Gasteiger partial charge in [0.1, 0.15) is 16.8 Å². The zero-order valence-corrected chi connectivity index (χ0v) is 19.8. The molecule has 0 radical (unpaired) electrons. The second-order valence-electron chi connectivity index (χ2n) is 6.93. The van der Waals surface area contributed by atoms with Crippen LogP contribution >= 0.6 is 23.1 Å². The molecule has 2 aromatic carbocycles. The summed E-state index contributed by atoms with van der Waals surface area (Å²) in [6, 6.07) is 23.4. The molecule has 0 bridgehead atoms. The molecule has 2 aromatic heterocycles. The van der Waals surface area contributed by atoms with Crippen molar-refractivity contribution in [1.29, 1.82) is 5.26 Å². The molecule has 0 saturated heterocycles. The van der Waals surface area contributed by atoms with Crippen LogP contribution in [0, 0.1) is 11.3 Å². The fraction of sp³-hybridized carbons (Fsp3) is 0.0833. The number of ether oxygens (including phenoxy) is 1. The maximum absolute atomic E-state index is 12.3. The van der Waals surface area contributed by atoms with Crippen molar-refractivity contribution in [3.63, 3.8) is 0 Å². The van der Waals surface area contributed by atoms with Crippen LogP contribution < -0.4 is 4.74 Å². The Labute approximate surface area is 200 Å². The Hall–Kier alpha value is -3.16. The topological polar surface area (TPSA) is 100 Å². The predicted octanol–water partition coefficient (Wildman–Crippen LogP) is 6.04. The highest BCUT2D eigenvalue weighted by molar-refractivity contribution is 8.11. The van der Waals surface area contributed by atoms with Gasteiger partial charge in [0, 0.05) is 5.56 Å². The first-order valence-corrected chi connectivity index (χ1v) is 13.0. The summed E-state index contributed by atoms with van der Waals surface area (Å²) in [5, 5.41) is 12.2. The standard InChI is InChI=1S/C24H18N2O4S3/c1-30-18-11-9-16(10-12-18)19-14-21(22-8-5-13-31-22)26-23(20(19)15-25)32-24(33(27,28)29)17-6-3-2-4-7-17/h2-14,24H,1H3,(H,27,28,29). The Morgan fingerprint density at radius 1 is 1.09 bits per heavy atom. The van der Waals surface area contributed by atoms with E-state index in [1.807, 2.05) is 35.7 Å². The summed E-state index contributed by atoms with van der Waals surface area (Å²) in [5.41, 5.74) is 2.61. The first kappa shape index (κ1) is 23.0. The lowest BCUT2D eigenvalue weighted by Gasteiger charge is -2.17. The van der Waals surface area contributed by atoms with Crippen LogP contribution in [0.5, 0.6) is 5.75 Å². The summed E-state index contributed by atoms with van der Waals surface area (Å²) >= 11 is 2.32. The minimum atomic E-state index is -4.49. The number of nitrogens with zero attached hydrogens (tertiary/aromatic N) is 2. The molecule has 1 N–H and O–H groups in total. The molecule has 0 aliphatic rings. The fourth-order valence-corrected chi connectivity index (χ4v) is 6.14. The van der Waals surface area contributed by atoms with E-state index in [1.54, 1.807) is 49.6 Å². The smallest absolute Gasteiger partial charge is 0.281 e. The fourth-order valence-electron chi connectivity index (χ4n) is 3.28. The summed E-state index contributed by atoms with van der Waals surface area (Å²) in [6.45, 7) is 0. The summed E-state index contributed by atoms with van der Waals surface area (Å²) in [7, 11) is -2.92. The molecular weight excluding hydrogens is 476 g/mol. The number of hydrogen-bond donors (Lipinski definition) is 1. The van der Waals surface area contributed by atoms with Gasteiger partial charge in [-0.3, -0.25) is 4.55 Å². The number of pyridine rings is 1. The van der Waals surface area contributed by atoms with Crippen molar-refractivity contribution < 1.29 is 17.7 Å². The van der Waals surface area contributed by atoms with Gasteiger partial charge in [-0.2, -0.15) is 13.7 Å². The second-order valence-corrected chi connectivity index (χ2v) is 10.8. The van der Waals surface area contributed by atoms with E-state index in [1.165, 1.54) is 11.3 Å². The zero-order chi connectivity index (χ0) is 23.4. The third kappa shape index (κ3) is 5.10. The monoisotopic (exact) mass is 494 g/mol. The highest BCUT2D eigenvalue weighted by Crippen LogP contribution is 2.43. The van der Waals surface area contributed by atoms with E-state index < -0.39 is 14.7 Å². The van der Waals surface area contributed by atoms with E-state index in [4.69, 9.17) is 4.74 Å². The average molecular weight is 495 g/mol. The molecule has 0 spiro atoms. The van der Waals surface area contributed by atoms with Gasteiger partial charge < -0.3 is 4.74 Å². The predicted molar refractivity (Wildman–Crippen MR) is 131 cm³/mol. The van der Waals surface area contributed by atoms with Crippen molar-refractivity contribution in [3.8, 4) is 33.5 Å². The normalized spacial score (nSPS) is 12.2. The molecule has 166 valence electrons. The summed E-state index contributed by atoms with van der Waals surface area (Å²) in [5.74, 6) is 0.676. The van der Waals surface area contributed by atoms with Crippen LogP contribution in [-0.2, 0) is 10.1 Å². The Bertz CT molecular complexity index is 1400. The first-order valence-electron chi connectivity index (χ1n) is 9.72. The Morgan fingerprint density at radius 2 is 1.82 bits per heavy atom. The van der Waals surface area contributed by atoms with Gasteiger partial charge in [-0.15, -0.1) is 11.3 Å². The van der Waals surface area contributed by atoms with E-state index in [0.717, 1.165) is 22.2 Å². The molecule has 1 atom stereocenters. The first-order chi connectivity index (χ1) is 15.9. The minimum absolute atomic E-state index is 0.223. The minimum Gasteiger partial charge on any atom is -0.497 e. The Balaban J connectivity index is 1.91. The van der Waals surface area contributed by atoms with Gasteiger partial charge in [0.2, 0.25) is 0 Å². The third-order valence-corrected chi connectivity index (χ3v) is 8.56. The van der Waals surface area contributed by atoms with Gasteiger partial charge in [0.25, 0.3) is 10.1 Å². The van der Waals surface area contributed by atoms with Crippen molar-refractivity contribution in [3.05, 3.63) is 89.3 Å². The molecule has 0 aliphatic carbocycles. The third-order valence-electron chi connectivity index (χ3n) is 4.83. The average Bonchev–Trinajstić information content (AvgIpc) is 3.37. The molecule has 2 heterocycles. The van der Waals surface area contributed by atoms with Crippen LogP contribution in [0.1, 0.15) is 15.7 Å². The second kappa shape index (κ2) is 9.77. The number of thioether (sulfide) groups is 1. The summed E-state index contributed by atoms with van der Waals surface area (Å²) in [6.07, 6.45) is 0. The molecule has 0 amide bonds. The summed E-state index contributed by atoms with van der Waals surface area (Å²) < 4.78 is 38.5. The number of nitriles is 1. The van der Waals surface area contributed by atoms with Crippen LogP contribution in [-0.4, -0.2) is 25.1 Å². The number of benzene rings is 2. The SMILES string of the molecule is COc1ccc(-c2cc(-c3cccs3)nc(SC(c3ccccc3)S(=O)(=O)O)c2C#N)cc1. The van der Waals surface area contributed by atoms with Crippen LogP contribution in [0.3, 0.4) is 0 Å². The van der Waals surface area contributed by atoms with Gasteiger partial charge >= 0.3 is 0 Å². The van der Waals surface area contributed by atoms with E-state index in [-0.39, 0.29) is 10.6 Å². The molecule has 1 unspecified atom stereocenters. The summed E-state index contributed by atoms with van der Waals surface area (Å²) in [4.78, 5) is 5.51. The van der Waals surface area contributed by atoms with Gasteiger partial charge in [0.05, 0.1) is 23.2 Å². The van der Waals surface area contributed by atoms with Crippen molar-refractivity contribution >= 4 is 33.2 Å². The van der Waals surface area contributed by atoms with Crippen LogP contribution in [0.2, 0.25) is 0 Å². The molecule has 9 heteroatoms. The van der Waals surface area contributed by atoms with E-state index >= 15 is 0 Å². The molecule has 4 rings (SSSR count). The van der Waals surface area contributed by atoms with Crippen molar-refractivity contribution in [2.75, 3.05) is 7.11 Å². The molecule has 4 aromatic rings. The lowest BCUT2D eigenvalue weighted by atomic mass is 10.0. The lowest BCUT2D eigenvalue weighted by Crippen LogP contribution is -2.10. The molecule has 6 nitrogen and oxygen atoms in total. The van der Waals surface area contributed by atoms with Gasteiger partial charge in [0.15, 0.2) is 4.58 Å². The number of thiophene rings is 1. The highest BCUT2D eigenvalue weighted by atomic mass is 32.3. The van der Waals surface area contributed by atoms with Gasteiger partial charge in [-0.1, -0.05) is 60.3 Å². The lowest BCUT2D eigenvalue weighted by molar-refractivity contribution is 0.415. The molecule has 0 fully saturated rings. The van der Waals surface area contributed by atoms with Crippen LogP contribution in [0.4, 0.5) is 0 Å². The number of methoxy groups -OCH3 is 1. The van der Waals surface area contributed by atoms with Gasteiger partial charge in [-0.05, 0) is 40.8 Å². The Morgan fingerprint density at radius 3 is 2.39 bits per heavy atom. The number of hydrogen-bond acceptors (Lipinski definition) is 7. The van der Waals surface area contributed by atoms with E-state index in [0.29, 0.717) is 22.6 Å². The van der Waals surface area contributed by atoms with Crippen LogP contribution in [0.25, 0.3) is 21.7 Å². The number of rotatable bonds is 7. The number of aromatic nitrogens is 1. The van der Waals surface area contributed by atoms with E-state index in [9.17, 15) is 18.2 Å². The highest BCUT2D eigenvalue weighted by Gasteiger charge is 2.29. The molecule has 0 aliphatic heterocycles. The van der Waals surface area contributed by atoms with Crippen molar-refractivity contribution in [2.45, 2.75) is 9.61 Å². The van der Waals surface area contributed by atoms with Crippen LogP contribution in [0.15, 0.2) is 83.2 Å². The maximum atomic E-state index is 12.3. The van der Waals surface area contributed by atoms with Gasteiger partial charge in [-0.25, -0.2) is 4.98 Å². The zero-order valence-electron chi connectivity index (χ0n) is 17.4.